The van der Waals surface area contributed by atoms with Gasteiger partial charge in [0.15, 0.2) is 5.82 Å². The number of benzene rings is 1. The van der Waals surface area contributed by atoms with Crippen LogP contribution in [0.1, 0.15) is 5.56 Å². The highest BCUT2D eigenvalue weighted by Gasteiger charge is 2.33. The summed E-state index contributed by atoms with van der Waals surface area (Å²) >= 11 is 0. The summed E-state index contributed by atoms with van der Waals surface area (Å²) in [6, 6.07) is 5.53. The summed E-state index contributed by atoms with van der Waals surface area (Å²) in [4.78, 5) is 1.85. The minimum atomic E-state index is -4.91. The van der Waals surface area contributed by atoms with Gasteiger partial charge in [-0.15, -0.1) is 23.4 Å². The number of aliphatic hydroxyl groups excluding tert-OH is 1. The van der Waals surface area contributed by atoms with E-state index in [4.69, 9.17) is 4.74 Å². The highest BCUT2D eigenvalue weighted by molar-refractivity contribution is 5.74. The average molecular weight is 385 g/mol. The molecule has 0 spiro atoms. The molecule has 0 radical (unpaired) electrons. The van der Waals surface area contributed by atoms with Gasteiger partial charge in [0.1, 0.15) is 17.2 Å². The van der Waals surface area contributed by atoms with Gasteiger partial charge in [0.2, 0.25) is 0 Å². The number of aromatic nitrogens is 2. The normalized spacial score (nSPS) is 17.8. The number of alkyl halides is 3. The first kappa shape index (κ1) is 19.2. The van der Waals surface area contributed by atoms with Crippen LogP contribution in [-0.2, 0) is 4.74 Å². The number of phenolic OH excluding ortho intramolecular Hbond substituents is 1. The molecule has 2 N–H and O–H groups in total. The number of aliphatic hydroxyl groups is 1. The number of aromatic hydroxyl groups is 1. The van der Waals surface area contributed by atoms with Gasteiger partial charge in [0.25, 0.3) is 0 Å². The Morgan fingerprint density at radius 2 is 2.07 bits per heavy atom. The number of phenols is 1. The van der Waals surface area contributed by atoms with Gasteiger partial charge in [-0.25, -0.2) is 0 Å². The van der Waals surface area contributed by atoms with E-state index >= 15 is 0 Å². The third kappa shape index (κ3) is 4.58. The lowest BCUT2D eigenvalue weighted by molar-refractivity contribution is -0.274. The molecule has 146 valence electrons. The Labute approximate surface area is 153 Å². The number of rotatable bonds is 4. The number of halogens is 3. The highest BCUT2D eigenvalue weighted by atomic mass is 19.4. The van der Waals surface area contributed by atoms with Gasteiger partial charge in [-0.1, -0.05) is 0 Å². The fraction of sp³-hybridized carbons (Fsp3) is 0.412. The van der Waals surface area contributed by atoms with E-state index in [2.05, 4.69) is 14.9 Å². The topological polar surface area (TPSA) is 87.9 Å². The average Bonchev–Trinajstić information content (AvgIpc) is 2.60. The van der Waals surface area contributed by atoms with Crippen LogP contribution in [0.2, 0.25) is 0 Å². The Balaban J connectivity index is 1.91. The van der Waals surface area contributed by atoms with Crippen molar-refractivity contribution in [2.45, 2.75) is 19.4 Å². The molecule has 27 heavy (non-hydrogen) atoms. The molecule has 10 heteroatoms. The van der Waals surface area contributed by atoms with E-state index in [9.17, 15) is 23.4 Å². The zero-order chi connectivity index (χ0) is 19.6. The fourth-order valence-electron chi connectivity index (χ4n) is 2.86. The summed E-state index contributed by atoms with van der Waals surface area (Å²) in [5.41, 5.74) is 0.262. The molecular formula is C17H18F3N3O4. The van der Waals surface area contributed by atoms with Crippen LogP contribution < -0.4 is 9.64 Å². The second-order valence-corrected chi connectivity index (χ2v) is 6.10. The minimum absolute atomic E-state index is 0.0440. The lowest BCUT2D eigenvalue weighted by atomic mass is 10.1. The van der Waals surface area contributed by atoms with Crippen molar-refractivity contribution in [3.8, 4) is 22.8 Å². The van der Waals surface area contributed by atoms with Gasteiger partial charge >= 0.3 is 6.36 Å². The number of nitrogens with zero attached hydrogens (tertiary/aromatic N) is 3. The maximum atomic E-state index is 12.7. The predicted octanol–water partition coefficient (Wildman–Crippen LogP) is 2.25. The van der Waals surface area contributed by atoms with Crippen LogP contribution in [0.4, 0.5) is 19.0 Å². The van der Waals surface area contributed by atoms with Crippen molar-refractivity contribution in [2.24, 2.45) is 0 Å². The van der Waals surface area contributed by atoms with Gasteiger partial charge in [0.05, 0.1) is 24.9 Å². The fourth-order valence-corrected chi connectivity index (χ4v) is 2.86. The molecule has 0 aliphatic carbocycles. The molecule has 1 atom stereocenters. The van der Waals surface area contributed by atoms with E-state index in [-0.39, 0.29) is 29.7 Å². The third-order valence-electron chi connectivity index (χ3n) is 4.02. The number of morpholine rings is 1. The van der Waals surface area contributed by atoms with E-state index in [0.717, 1.165) is 0 Å². The smallest absolute Gasteiger partial charge is 0.507 e. The van der Waals surface area contributed by atoms with Gasteiger partial charge in [0, 0.05) is 13.1 Å². The summed E-state index contributed by atoms with van der Waals surface area (Å²) < 4.78 is 47.5. The van der Waals surface area contributed by atoms with Crippen LogP contribution >= 0.6 is 0 Å². The lowest BCUT2D eigenvalue weighted by Crippen LogP contribution is -2.44. The van der Waals surface area contributed by atoms with Crippen molar-refractivity contribution in [1.29, 1.82) is 0 Å². The van der Waals surface area contributed by atoms with E-state index in [1.165, 1.54) is 25.1 Å². The van der Waals surface area contributed by atoms with Crippen molar-refractivity contribution in [2.75, 3.05) is 31.2 Å². The van der Waals surface area contributed by atoms with Crippen LogP contribution in [0.5, 0.6) is 11.5 Å². The standard InChI is InChI=1S/C17H18F3N3O4/c1-10-6-13(25)16(14(7-10)27-17(18,19)20)12-2-3-15(22-21-12)23-4-5-26-11(8-23)9-24/h2-3,6-7,11,24-25H,4-5,8-9H2,1H3/t11-/m0/s1. The Morgan fingerprint density at radius 3 is 2.70 bits per heavy atom. The highest BCUT2D eigenvalue weighted by Crippen LogP contribution is 2.40. The first-order chi connectivity index (χ1) is 12.8. The molecule has 1 aromatic heterocycles. The second-order valence-electron chi connectivity index (χ2n) is 6.10. The largest absolute Gasteiger partial charge is 0.573 e. The quantitative estimate of drug-likeness (QED) is 0.835. The Hall–Kier alpha value is -2.59. The molecule has 0 bridgehead atoms. The number of hydrogen-bond donors (Lipinski definition) is 2. The van der Waals surface area contributed by atoms with Crippen molar-refractivity contribution in [3.63, 3.8) is 0 Å². The first-order valence-electron chi connectivity index (χ1n) is 8.17. The predicted molar refractivity (Wildman–Crippen MR) is 89.6 cm³/mol. The Morgan fingerprint density at radius 1 is 1.30 bits per heavy atom. The molecule has 1 saturated heterocycles. The molecule has 1 aliphatic heterocycles. The van der Waals surface area contributed by atoms with Crippen LogP contribution in [0.25, 0.3) is 11.3 Å². The molecule has 1 fully saturated rings. The van der Waals surface area contributed by atoms with E-state index < -0.39 is 12.1 Å². The molecule has 3 rings (SSSR count). The van der Waals surface area contributed by atoms with Crippen LogP contribution in [0.15, 0.2) is 24.3 Å². The van der Waals surface area contributed by atoms with Gasteiger partial charge in [-0.05, 0) is 36.8 Å². The third-order valence-corrected chi connectivity index (χ3v) is 4.02. The molecule has 0 unspecified atom stereocenters. The summed E-state index contributed by atoms with van der Waals surface area (Å²) in [6.07, 6.45) is -5.25. The number of hydrogen-bond acceptors (Lipinski definition) is 7. The molecule has 1 aliphatic rings. The van der Waals surface area contributed by atoms with Crippen LogP contribution in [-0.4, -0.2) is 59.2 Å². The van der Waals surface area contributed by atoms with Crippen molar-refractivity contribution >= 4 is 5.82 Å². The molecule has 7 nitrogen and oxygen atoms in total. The van der Waals surface area contributed by atoms with Crippen molar-refractivity contribution in [1.82, 2.24) is 10.2 Å². The Bertz CT molecular complexity index is 799. The summed E-state index contributed by atoms with van der Waals surface area (Å²) in [5.74, 6) is -0.442. The molecule has 2 heterocycles. The summed E-state index contributed by atoms with van der Waals surface area (Å²) in [5, 5.41) is 27.3. The Kier molecular flexibility index (Phi) is 5.38. The maximum absolute atomic E-state index is 12.7. The van der Waals surface area contributed by atoms with Crippen molar-refractivity contribution in [3.05, 3.63) is 29.8 Å². The summed E-state index contributed by atoms with van der Waals surface area (Å²) in [7, 11) is 0. The second kappa shape index (κ2) is 7.57. The van der Waals surface area contributed by atoms with Gasteiger partial charge in [-0.3, -0.25) is 0 Å². The van der Waals surface area contributed by atoms with Crippen LogP contribution in [0, 0.1) is 6.92 Å². The van der Waals surface area contributed by atoms with E-state index in [1.807, 2.05) is 4.90 Å². The zero-order valence-corrected chi connectivity index (χ0v) is 14.4. The number of ether oxygens (including phenoxy) is 2. The van der Waals surface area contributed by atoms with E-state index in [1.54, 1.807) is 6.07 Å². The minimum Gasteiger partial charge on any atom is -0.507 e. The summed E-state index contributed by atoms with van der Waals surface area (Å²) in [6.45, 7) is 2.79. The molecular weight excluding hydrogens is 367 g/mol. The monoisotopic (exact) mass is 385 g/mol. The van der Waals surface area contributed by atoms with E-state index in [0.29, 0.717) is 31.1 Å². The van der Waals surface area contributed by atoms with Gasteiger partial charge < -0.3 is 24.6 Å². The maximum Gasteiger partial charge on any atom is 0.573 e. The van der Waals surface area contributed by atoms with Crippen molar-refractivity contribution < 1.29 is 32.9 Å². The number of aryl methyl sites for hydroxylation is 1. The first-order valence-corrected chi connectivity index (χ1v) is 8.17. The van der Waals surface area contributed by atoms with Gasteiger partial charge in [-0.2, -0.15) is 0 Å². The zero-order valence-electron chi connectivity index (χ0n) is 14.4. The molecule has 2 aromatic rings. The molecule has 1 aromatic carbocycles. The van der Waals surface area contributed by atoms with Crippen LogP contribution in [0.3, 0.4) is 0 Å². The lowest BCUT2D eigenvalue weighted by Gasteiger charge is -2.32. The SMILES string of the molecule is Cc1cc(O)c(-c2ccc(N3CCO[C@H](CO)C3)nn2)c(OC(F)(F)F)c1. The number of anilines is 1. The molecule has 0 amide bonds. The molecule has 0 saturated carbocycles.